The third-order valence-electron chi connectivity index (χ3n) is 3.19. The highest BCUT2D eigenvalue weighted by Gasteiger charge is 2.19. The van der Waals surface area contributed by atoms with Crippen molar-refractivity contribution < 1.29 is 4.79 Å². The van der Waals surface area contributed by atoms with Crippen molar-refractivity contribution in [2.24, 2.45) is 10.8 Å². The number of carbonyl (C=O) groups excluding carboxylic acids is 1. The molecule has 0 aromatic heterocycles. The number of nitrogens with two attached hydrogens (primary N) is 1. The topological polar surface area (TPSA) is 67.5 Å². The molecule has 2 amide bonds. The summed E-state index contributed by atoms with van der Waals surface area (Å²) in [6.07, 6.45) is 3.03. The highest BCUT2D eigenvalue weighted by Crippen LogP contribution is 2.27. The summed E-state index contributed by atoms with van der Waals surface area (Å²) >= 11 is 0. The first-order chi connectivity index (χ1) is 8.09. The number of hydrogen-bond acceptors (Lipinski definition) is 2. The molecule has 4 heteroatoms. The van der Waals surface area contributed by atoms with Crippen LogP contribution in [0, 0.1) is 13.8 Å². The van der Waals surface area contributed by atoms with Crippen molar-refractivity contribution in [2.75, 3.05) is 0 Å². The summed E-state index contributed by atoms with van der Waals surface area (Å²) in [5.41, 5.74) is 13.3. The Morgan fingerprint density at radius 3 is 2.71 bits per heavy atom. The number of nitrogens with one attached hydrogen (secondary N) is 1. The number of benzene rings is 1. The van der Waals surface area contributed by atoms with Gasteiger partial charge in [0.2, 0.25) is 0 Å². The van der Waals surface area contributed by atoms with Gasteiger partial charge in [-0.25, -0.2) is 10.2 Å². The van der Waals surface area contributed by atoms with Crippen LogP contribution in [0.2, 0.25) is 0 Å². The van der Waals surface area contributed by atoms with Crippen molar-refractivity contribution in [1.82, 2.24) is 5.43 Å². The quantitative estimate of drug-likeness (QED) is 0.713. The molecule has 0 bridgehead atoms. The van der Waals surface area contributed by atoms with E-state index in [4.69, 9.17) is 5.73 Å². The van der Waals surface area contributed by atoms with Crippen molar-refractivity contribution in [3.8, 4) is 0 Å². The third-order valence-corrected chi connectivity index (χ3v) is 3.19. The van der Waals surface area contributed by atoms with Crippen LogP contribution in [0.5, 0.6) is 0 Å². The lowest BCUT2D eigenvalue weighted by molar-refractivity contribution is 0.249. The number of amides is 2. The minimum absolute atomic E-state index is 0.616. The van der Waals surface area contributed by atoms with Crippen LogP contribution < -0.4 is 11.2 Å². The summed E-state index contributed by atoms with van der Waals surface area (Å²) in [4.78, 5) is 10.7. The molecule has 1 aromatic rings. The molecule has 1 aromatic carbocycles. The van der Waals surface area contributed by atoms with Crippen LogP contribution in [0.15, 0.2) is 17.2 Å². The minimum Gasteiger partial charge on any atom is -0.350 e. The number of primary amides is 1. The molecular formula is C13H17N3O. The molecule has 0 unspecified atom stereocenters. The Balaban J connectivity index is 2.47. The van der Waals surface area contributed by atoms with Crippen molar-refractivity contribution in [1.29, 1.82) is 0 Å². The largest absolute Gasteiger partial charge is 0.350 e. The van der Waals surface area contributed by atoms with Gasteiger partial charge in [0.15, 0.2) is 0 Å². The molecule has 1 aliphatic rings. The molecule has 1 aliphatic carbocycles. The van der Waals surface area contributed by atoms with Crippen molar-refractivity contribution in [3.63, 3.8) is 0 Å². The molecule has 0 heterocycles. The van der Waals surface area contributed by atoms with Gasteiger partial charge in [-0.3, -0.25) is 0 Å². The van der Waals surface area contributed by atoms with Crippen LogP contribution in [0.25, 0.3) is 0 Å². The molecule has 3 N–H and O–H groups in total. The number of urea groups is 1. The molecule has 90 valence electrons. The second-order valence-corrected chi connectivity index (χ2v) is 4.44. The Bertz CT molecular complexity index is 492. The standard InChI is InChI=1S/C13H17N3O/c1-8-6-7-9(2)12-10(8)4-3-5-11(12)15-16-13(14)17/h6-7H,3-5H2,1-2H3,(H3,14,16,17). The summed E-state index contributed by atoms with van der Waals surface area (Å²) in [7, 11) is 0. The molecule has 17 heavy (non-hydrogen) atoms. The van der Waals surface area contributed by atoms with E-state index in [-0.39, 0.29) is 0 Å². The van der Waals surface area contributed by atoms with E-state index in [0.29, 0.717) is 0 Å². The predicted molar refractivity (Wildman–Crippen MR) is 68.1 cm³/mol. The summed E-state index contributed by atoms with van der Waals surface area (Å²) in [5, 5.41) is 4.12. The van der Waals surface area contributed by atoms with Crippen molar-refractivity contribution in [2.45, 2.75) is 33.1 Å². The van der Waals surface area contributed by atoms with E-state index in [0.717, 1.165) is 25.0 Å². The highest BCUT2D eigenvalue weighted by molar-refractivity contribution is 6.04. The number of aryl methyl sites for hydroxylation is 2. The number of carbonyl (C=O) groups is 1. The Kier molecular flexibility index (Phi) is 3.13. The first-order valence-electron chi connectivity index (χ1n) is 5.81. The molecule has 2 rings (SSSR count). The maximum atomic E-state index is 10.7. The smallest absolute Gasteiger partial charge is 0.332 e. The molecule has 0 fully saturated rings. The fourth-order valence-corrected chi connectivity index (χ4v) is 2.39. The van der Waals surface area contributed by atoms with Crippen LogP contribution in [0.1, 0.15) is 35.1 Å². The molecule has 0 spiro atoms. The lowest BCUT2D eigenvalue weighted by Gasteiger charge is -2.21. The second kappa shape index (κ2) is 4.57. The van der Waals surface area contributed by atoms with Crippen LogP contribution in [0.4, 0.5) is 4.79 Å². The zero-order chi connectivity index (χ0) is 12.4. The Labute approximate surface area is 101 Å². The number of hydrazone groups is 1. The lowest BCUT2D eigenvalue weighted by Crippen LogP contribution is -2.27. The molecule has 4 nitrogen and oxygen atoms in total. The molecule has 0 atom stereocenters. The Morgan fingerprint density at radius 1 is 1.29 bits per heavy atom. The molecule has 0 radical (unpaired) electrons. The average Bonchev–Trinajstić information content (AvgIpc) is 2.31. The SMILES string of the molecule is Cc1ccc(C)c2c1CCCC2=NNC(N)=O. The molecular weight excluding hydrogens is 214 g/mol. The van der Waals surface area contributed by atoms with Gasteiger partial charge in [-0.05, 0) is 49.8 Å². The summed E-state index contributed by atoms with van der Waals surface area (Å²) in [6.45, 7) is 4.19. The molecule has 0 saturated carbocycles. The summed E-state index contributed by atoms with van der Waals surface area (Å²) in [5.74, 6) is 0. The molecule has 0 saturated heterocycles. The van der Waals surface area contributed by atoms with Crippen LogP contribution in [-0.4, -0.2) is 11.7 Å². The number of fused-ring (bicyclic) bond motifs is 1. The summed E-state index contributed by atoms with van der Waals surface area (Å²) in [6, 6.07) is 3.62. The molecule has 0 aliphatic heterocycles. The van der Waals surface area contributed by atoms with Crippen molar-refractivity contribution in [3.05, 3.63) is 34.4 Å². The van der Waals surface area contributed by atoms with Crippen LogP contribution >= 0.6 is 0 Å². The zero-order valence-electron chi connectivity index (χ0n) is 10.2. The first-order valence-corrected chi connectivity index (χ1v) is 5.81. The van der Waals surface area contributed by atoms with Gasteiger partial charge in [-0.1, -0.05) is 12.1 Å². The first kappa shape index (κ1) is 11.6. The number of nitrogens with zero attached hydrogens (tertiary/aromatic N) is 1. The van der Waals surface area contributed by atoms with E-state index in [9.17, 15) is 4.79 Å². The maximum absolute atomic E-state index is 10.7. The van der Waals surface area contributed by atoms with Gasteiger partial charge in [-0.15, -0.1) is 0 Å². The normalized spacial score (nSPS) is 16.7. The maximum Gasteiger partial charge on any atom is 0.332 e. The number of hydrogen-bond donors (Lipinski definition) is 2. The van der Waals surface area contributed by atoms with E-state index >= 15 is 0 Å². The highest BCUT2D eigenvalue weighted by atomic mass is 16.2. The third kappa shape index (κ3) is 2.30. The van der Waals surface area contributed by atoms with Crippen LogP contribution in [0.3, 0.4) is 0 Å². The second-order valence-electron chi connectivity index (χ2n) is 4.44. The lowest BCUT2D eigenvalue weighted by atomic mass is 9.84. The van der Waals surface area contributed by atoms with E-state index < -0.39 is 6.03 Å². The zero-order valence-corrected chi connectivity index (χ0v) is 10.2. The van der Waals surface area contributed by atoms with Gasteiger partial charge in [0.05, 0.1) is 5.71 Å². The predicted octanol–water partition coefficient (Wildman–Crippen LogP) is 2.01. The number of rotatable bonds is 1. The minimum atomic E-state index is -0.616. The van der Waals surface area contributed by atoms with E-state index in [1.54, 1.807) is 0 Å². The van der Waals surface area contributed by atoms with Crippen LogP contribution in [-0.2, 0) is 6.42 Å². The van der Waals surface area contributed by atoms with Gasteiger partial charge in [0.25, 0.3) is 0 Å². The van der Waals surface area contributed by atoms with Gasteiger partial charge >= 0.3 is 6.03 Å². The fraction of sp³-hybridized carbons (Fsp3) is 0.385. The van der Waals surface area contributed by atoms with Gasteiger partial charge < -0.3 is 5.73 Å². The van der Waals surface area contributed by atoms with E-state index in [1.165, 1.54) is 22.3 Å². The van der Waals surface area contributed by atoms with Gasteiger partial charge in [-0.2, -0.15) is 5.10 Å². The monoisotopic (exact) mass is 231 g/mol. The fourth-order valence-electron chi connectivity index (χ4n) is 2.39. The van der Waals surface area contributed by atoms with Crippen molar-refractivity contribution >= 4 is 11.7 Å². The van der Waals surface area contributed by atoms with E-state index in [1.807, 2.05) is 0 Å². The van der Waals surface area contributed by atoms with Gasteiger partial charge in [0, 0.05) is 5.56 Å². The Morgan fingerprint density at radius 2 is 2.00 bits per heavy atom. The Hall–Kier alpha value is -1.84. The summed E-state index contributed by atoms with van der Waals surface area (Å²) < 4.78 is 0. The van der Waals surface area contributed by atoms with Gasteiger partial charge in [0.1, 0.15) is 0 Å². The average molecular weight is 231 g/mol. The van der Waals surface area contributed by atoms with E-state index in [2.05, 4.69) is 36.5 Å².